The lowest BCUT2D eigenvalue weighted by Gasteiger charge is -2.23. The van der Waals surface area contributed by atoms with Crippen LogP contribution < -0.4 is 9.80 Å². The Kier molecular flexibility index (Phi) is 8.31. The summed E-state index contributed by atoms with van der Waals surface area (Å²) in [5, 5.41) is 7.84. The first-order valence-electron chi connectivity index (χ1n) is 12.4. The summed E-state index contributed by atoms with van der Waals surface area (Å²) in [6, 6.07) is 34.2. The monoisotopic (exact) mass is 539 g/mol. The SMILES string of the molecule is CC/C=C\C(CC)=Nc1ccc(N(c2ccccc2)c2ccc(N(c3ccccc3)c3cccs3)s2)s1. The van der Waals surface area contributed by atoms with E-state index < -0.39 is 0 Å². The molecule has 0 aliphatic rings. The molecule has 0 aliphatic heterocycles. The van der Waals surface area contributed by atoms with Crippen molar-refractivity contribution in [3.05, 3.63) is 115 Å². The average Bonchev–Trinajstić information content (AvgIpc) is 3.72. The fourth-order valence-corrected chi connectivity index (χ4v) is 6.86. The number of benzene rings is 2. The summed E-state index contributed by atoms with van der Waals surface area (Å²) in [6.07, 6.45) is 6.25. The van der Waals surface area contributed by atoms with Gasteiger partial charge in [0.25, 0.3) is 0 Å². The molecule has 0 bridgehead atoms. The van der Waals surface area contributed by atoms with E-state index in [1.54, 1.807) is 34.0 Å². The summed E-state index contributed by atoms with van der Waals surface area (Å²) >= 11 is 5.26. The van der Waals surface area contributed by atoms with Crippen LogP contribution in [0.25, 0.3) is 0 Å². The maximum atomic E-state index is 4.93. The van der Waals surface area contributed by atoms with E-state index in [9.17, 15) is 0 Å². The van der Waals surface area contributed by atoms with Crippen LogP contribution in [0.1, 0.15) is 26.7 Å². The van der Waals surface area contributed by atoms with Crippen LogP contribution in [-0.2, 0) is 0 Å². The molecule has 3 heterocycles. The third-order valence-corrected chi connectivity index (χ3v) is 8.61. The first-order chi connectivity index (χ1) is 18.3. The van der Waals surface area contributed by atoms with Crippen molar-refractivity contribution in [3.63, 3.8) is 0 Å². The van der Waals surface area contributed by atoms with Crippen molar-refractivity contribution in [2.45, 2.75) is 26.7 Å². The minimum atomic E-state index is 0.915. The second-order valence-corrected chi connectivity index (χ2v) is 11.3. The smallest absolute Gasteiger partial charge is 0.118 e. The van der Waals surface area contributed by atoms with Crippen molar-refractivity contribution in [3.8, 4) is 0 Å². The lowest BCUT2D eigenvalue weighted by molar-refractivity contribution is 1.22. The largest absolute Gasteiger partial charge is 0.293 e. The molecule has 3 aromatic heterocycles. The summed E-state index contributed by atoms with van der Waals surface area (Å²) in [5.74, 6) is 0. The number of anilines is 6. The highest BCUT2D eigenvalue weighted by molar-refractivity contribution is 7.22. The highest BCUT2D eigenvalue weighted by Crippen LogP contribution is 2.48. The molecule has 0 atom stereocenters. The molecule has 0 radical (unpaired) electrons. The number of nitrogens with zero attached hydrogens (tertiary/aromatic N) is 3. The van der Waals surface area contributed by atoms with Crippen molar-refractivity contribution in [2.24, 2.45) is 4.99 Å². The second kappa shape index (κ2) is 12.2. The topological polar surface area (TPSA) is 18.8 Å². The minimum Gasteiger partial charge on any atom is -0.293 e. The predicted octanol–water partition coefficient (Wildman–Crippen LogP) is 11.3. The third kappa shape index (κ3) is 5.93. The Hall–Kier alpha value is -3.45. The van der Waals surface area contributed by atoms with Gasteiger partial charge in [0, 0.05) is 17.1 Å². The molecule has 0 fully saturated rings. The number of thiophene rings is 3. The van der Waals surface area contributed by atoms with E-state index in [2.05, 4.69) is 138 Å². The molecule has 0 aliphatic carbocycles. The number of aliphatic imine (C=N–C) groups is 1. The van der Waals surface area contributed by atoms with Crippen molar-refractivity contribution in [1.82, 2.24) is 0 Å². The number of rotatable bonds is 10. The van der Waals surface area contributed by atoms with Crippen LogP contribution in [0.4, 0.5) is 36.4 Å². The van der Waals surface area contributed by atoms with Gasteiger partial charge < -0.3 is 0 Å². The highest BCUT2D eigenvalue weighted by atomic mass is 32.1. The number of para-hydroxylation sites is 2. The summed E-state index contributed by atoms with van der Waals surface area (Å²) in [5.41, 5.74) is 3.40. The standard InChI is InChI=1S/C31H29N3S3/c1-3-5-13-24(4-2)32-27-19-20-29(36-27)34(26-16-10-7-11-17-26)31-22-21-30(37-31)33(28-18-12-23-35-28)25-14-8-6-9-15-25/h5-23H,3-4H2,1-2H3/b13-5-,32-24?. The number of hydrogen-bond acceptors (Lipinski definition) is 6. The van der Waals surface area contributed by atoms with E-state index >= 15 is 0 Å². The molecular formula is C31H29N3S3. The van der Waals surface area contributed by atoms with Gasteiger partial charge in [-0.05, 0) is 85.0 Å². The molecule has 0 saturated heterocycles. The molecule has 0 N–H and O–H groups in total. The first-order valence-corrected chi connectivity index (χ1v) is 15.0. The molecule has 186 valence electrons. The van der Waals surface area contributed by atoms with E-state index in [4.69, 9.17) is 4.99 Å². The van der Waals surface area contributed by atoms with Gasteiger partial charge in [0.15, 0.2) is 0 Å². The Morgan fingerprint density at radius 1 is 0.676 bits per heavy atom. The lowest BCUT2D eigenvalue weighted by atomic mass is 10.2. The van der Waals surface area contributed by atoms with Crippen molar-refractivity contribution in [1.29, 1.82) is 0 Å². The lowest BCUT2D eigenvalue weighted by Crippen LogP contribution is -2.07. The summed E-state index contributed by atoms with van der Waals surface area (Å²) < 4.78 is 0. The Labute approximate surface area is 231 Å². The Bertz CT molecular complexity index is 1450. The maximum Gasteiger partial charge on any atom is 0.118 e. The minimum absolute atomic E-state index is 0.915. The van der Waals surface area contributed by atoms with Crippen LogP contribution in [0, 0.1) is 0 Å². The zero-order chi connectivity index (χ0) is 25.5. The highest BCUT2D eigenvalue weighted by Gasteiger charge is 2.20. The van der Waals surface area contributed by atoms with Gasteiger partial charge in [0.2, 0.25) is 0 Å². The molecular weight excluding hydrogens is 511 g/mol. The number of allylic oxidation sites excluding steroid dienone is 2. The van der Waals surface area contributed by atoms with Gasteiger partial charge >= 0.3 is 0 Å². The van der Waals surface area contributed by atoms with Crippen LogP contribution in [-0.4, -0.2) is 5.71 Å². The molecule has 3 nitrogen and oxygen atoms in total. The maximum absolute atomic E-state index is 4.93. The van der Waals surface area contributed by atoms with Gasteiger partial charge in [-0.1, -0.05) is 79.0 Å². The van der Waals surface area contributed by atoms with Gasteiger partial charge in [-0.25, -0.2) is 4.99 Å². The average molecular weight is 540 g/mol. The predicted molar refractivity (Wildman–Crippen MR) is 166 cm³/mol. The summed E-state index contributed by atoms with van der Waals surface area (Å²) in [6.45, 7) is 4.31. The molecule has 37 heavy (non-hydrogen) atoms. The van der Waals surface area contributed by atoms with Gasteiger partial charge in [-0.2, -0.15) is 0 Å². The van der Waals surface area contributed by atoms with Gasteiger partial charge in [-0.3, -0.25) is 9.80 Å². The molecule has 0 unspecified atom stereocenters. The molecule has 6 heteroatoms. The van der Waals surface area contributed by atoms with Crippen LogP contribution in [0.2, 0.25) is 0 Å². The zero-order valence-corrected chi connectivity index (χ0v) is 23.4. The van der Waals surface area contributed by atoms with E-state index in [0.717, 1.165) is 44.9 Å². The van der Waals surface area contributed by atoms with Crippen molar-refractivity contribution < 1.29 is 0 Å². The summed E-state index contributed by atoms with van der Waals surface area (Å²) in [7, 11) is 0. The van der Waals surface area contributed by atoms with Gasteiger partial charge in [0.1, 0.15) is 25.0 Å². The Morgan fingerprint density at radius 3 is 1.84 bits per heavy atom. The summed E-state index contributed by atoms with van der Waals surface area (Å²) in [4.78, 5) is 9.60. The number of hydrogen-bond donors (Lipinski definition) is 0. The normalized spacial score (nSPS) is 11.8. The fourth-order valence-electron chi connectivity index (χ4n) is 3.96. The molecule has 2 aromatic carbocycles. The van der Waals surface area contributed by atoms with Crippen molar-refractivity contribution >= 4 is 76.1 Å². The van der Waals surface area contributed by atoms with Crippen LogP contribution in [0.15, 0.2) is 120 Å². The van der Waals surface area contributed by atoms with Crippen LogP contribution in [0.5, 0.6) is 0 Å². The third-order valence-electron chi connectivity index (χ3n) is 5.73. The molecule has 0 saturated carbocycles. The van der Waals surface area contributed by atoms with Gasteiger partial charge in [0.05, 0.1) is 0 Å². The van der Waals surface area contributed by atoms with Crippen LogP contribution in [0.3, 0.4) is 0 Å². The Morgan fingerprint density at radius 2 is 1.27 bits per heavy atom. The molecule has 5 rings (SSSR count). The molecule has 0 spiro atoms. The quantitative estimate of drug-likeness (QED) is 0.164. The van der Waals surface area contributed by atoms with Gasteiger partial charge in [-0.15, -0.1) is 11.3 Å². The second-order valence-electron chi connectivity index (χ2n) is 8.28. The zero-order valence-electron chi connectivity index (χ0n) is 21.0. The van der Waals surface area contributed by atoms with E-state index in [-0.39, 0.29) is 0 Å². The van der Waals surface area contributed by atoms with E-state index in [1.165, 1.54) is 10.0 Å². The van der Waals surface area contributed by atoms with Crippen molar-refractivity contribution in [2.75, 3.05) is 9.80 Å². The van der Waals surface area contributed by atoms with E-state index in [0.29, 0.717) is 0 Å². The Balaban J connectivity index is 1.54. The first kappa shape index (κ1) is 25.2. The molecule has 0 amide bonds. The molecule has 5 aromatic rings. The van der Waals surface area contributed by atoms with Crippen LogP contribution >= 0.6 is 34.0 Å². The fraction of sp³-hybridized carbons (Fsp3) is 0.129. The van der Waals surface area contributed by atoms with E-state index in [1.807, 2.05) is 0 Å².